The fourth-order valence-electron chi connectivity index (χ4n) is 2.04. The standard InChI is InChI=1S/C17H22FN5O/c1-23(2)11-3-9-19-17-20-10-8-15(22-17)16(24)21-12-13-4-6-14(18)7-5-13/h4-8,10H,3,9,11-12H2,1-2H3,(H,21,24)(H,19,20,22). The predicted octanol–water partition coefficient (Wildman–Crippen LogP) is 1.91. The highest BCUT2D eigenvalue weighted by Gasteiger charge is 2.08. The summed E-state index contributed by atoms with van der Waals surface area (Å²) in [6, 6.07) is 7.55. The molecule has 2 N–H and O–H groups in total. The van der Waals surface area contributed by atoms with E-state index in [9.17, 15) is 9.18 Å². The van der Waals surface area contributed by atoms with Crippen molar-refractivity contribution in [3.63, 3.8) is 0 Å². The van der Waals surface area contributed by atoms with Crippen LogP contribution in [0.1, 0.15) is 22.5 Å². The Labute approximate surface area is 141 Å². The van der Waals surface area contributed by atoms with Crippen LogP contribution < -0.4 is 10.6 Å². The third kappa shape index (κ3) is 5.92. The van der Waals surface area contributed by atoms with Gasteiger partial charge in [0.1, 0.15) is 11.5 Å². The number of carbonyl (C=O) groups is 1. The Bertz CT molecular complexity index is 660. The van der Waals surface area contributed by atoms with Crippen molar-refractivity contribution >= 4 is 11.9 Å². The lowest BCUT2D eigenvalue weighted by Gasteiger charge is -2.10. The van der Waals surface area contributed by atoms with Crippen LogP contribution in [0.4, 0.5) is 10.3 Å². The van der Waals surface area contributed by atoms with Crippen LogP contribution in [0.15, 0.2) is 36.5 Å². The highest BCUT2D eigenvalue weighted by atomic mass is 19.1. The van der Waals surface area contributed by atoms with Crippen molar-refractivity contribution in [2.24, 2.45) is 0 Å². The minimum absolute atomic E-state index is 0.293. The Morgan fingerprint density at radius 1 is 1.21 bits per heavy atom. The molecular weight excluding hydrogens is 309 g/mol. The van der Waals surface area contributed by atoms with Crippen molar-refractivity contribution in [1.82, 2.24) is 20.2 Å². The lowest BCUT2D eigenvalue weighted by atomic mass is 10.2. The van der Waals surface area contributed by atoms with Crippen molar-refractivity contribution < 1.29 is 9.18 Å². The second kappa shape index (κ2) is 8.93. The van der Waals surface area contributed by atoms with E-state index in [0.717, 1.165) is 25.1 Å². The zero-order valence-corrected chi connectivity index (χ0v) is 13.9. The summed E-state index contributed by atoms with van der Waals surface area (Å²) < 4.78 is 12.9. The summed E-state index contributed by atoms with van der Waals surface area (Å²) in [6.07, 6.45) is 2.51. The first-order valence-electron chi connectivity index (χ1n) is 7.79. The first-order chi connectivity index (χ1) is 11.5. The zero-order chi connectivity index (χ0) is 17.4. The molecule has 0 atom stereocenters. The molecule has 128 valence electrons. The van der Waals surface area contributed by atoms with Gasteiger partial charge in [-0.1, -0.05) is 12.1 Å². The number of hydrogen-bond donors (Lipinski definition) is 2. The van der Waals surface area contributed by atoms with Gasteiger partial charge in [0.2, 0.25) is 5.95 Å². The van der Waals surface area contributed by atoms with Crippen LogP contribution in [-0.4, -0.2) is 48.0 Å². The predicted molar refractivity (Wildman–Crippen MR) is 91.3 cm³/mol. The van der Waals surface area contributed by atoms with Gasteiger partial charge in [0.15, 0.2) is 0 Å². The summed E-state index contributed by atoms with van der Waals surface area (Å²) >= 11 is 0. The summed E-state index contributed by atoms with van der Waals surface area (Å²) in [5, 5.41) is 5.86. The molecule has 6 nitrogen and oxygen atoms in total. The molecule has 0 fully saturated rings. The van der Waals surface area contributed by atoms with Gasteiger partial charge in [0.05, 0.1) is 0 Å². The number of halogens is 1. The van der Waals surface area contributed by atoms with E-state index in [1.807, 2.05) is 14.1 Å². The molecule has 24 heavy (non-hydrogen) atoms. The fourth-order valence-corrected chi connectivity index (χ4v) is 2.04. The van der Waals surface area contributed by atoms with Crippen molar-refractivity contribution in [2.75, 3.05) is 32.5 Å². The zero-order valence-electron chi connectivity index (χ0n) is 13.9. The van der Waals surface area contributed by atoms with Crippen LogP contribution in [-0.2, 0) is 6.54 Å². The summed E-state index contributed by atoms with van der Waals surface area (Å²) in [5.74, 6) is -0.160. The summed E-state index contributed by atoms with van der Waals surface area (Å²) in [4.78, 5) is 22.6. The molecule has 0 radical (unpaired) electrons. The van der Waals surface area contributed by atoms with Gasteiger partial charge in [-0.15, -0.1) is 0 Å². The molecule has 0 unspecified atom stereocenters. The number of carbonyl (C=O) groups excluding carboxylic acids is 1. The third-order valence-electron chi connectivity index (χ3n) is 3.32. The lowest BCUT2D eigenvalue weighted by Crippen LogP contribution is -2.24. The smallest absolute Gasteiger partial charge is 0.270 e. The largest absolute Gasteiger partial charge is 0.354 e. The van der Waals surface area contributed by atoms with Crippen LogP contribution in [0.3, 0.4) is 0 Å². The summed E-state index contributed by atoms with van der Waals surface area (Å²) in [5.41, 5.74) is 1.11. The molecule has 2 rings (SSSR count). The maximum absolute atomic E-state index is 12.9. The molecule has 0 aliphatic rings. The van der Waals surface area contributed by atoms with E-state index in [1.54, 1.807) is 24.4 Å². The number of aromatic nitrogens is 2. The van der Waals surface area contributed by atoms with Gasteiger partial charge in [-0.05, 0) is 50.8 Å². The molecule has 0 saturated heterocycles. The van der Waals surface area contributed by atoms with Gasteiger partial charge in [-0.2, -0.15) is 0 Å². The number of rotatable bonds is 8. The van der Waals surface area contributed by atoms with Crippen molar-refractivity contribution in [3.8, 4) is 0 Å². The molecule has 1 aromatic heterocycles. The minimum atomic E-state index is -0.300. The fraction of sp³-hybridized carbons (Fsp3) is 0.353. The van der Waals surface area contributed by atoms with E-state index < -0.39 is 0 Å². The van der Waals surface area contributed by atoms with Crippen LogP contribution in [0, 0.1) is 5.82 Å². The van der Waals surface area contributed by atoms with E-state index >= 15 is 0 Å². The van der Waals surface area contributed by atoms with E-state index in [0.29, 0.717) is 18.2 Å². The number of anilines is 1. The molecule has 2 aromatic rings. The SMILES string of the molecule is CN(C)CCCNc1nccc(C(=O)NCc2ccc(F)cc2)n1. The van der Waals surface area contributed by atoms with Gasteiger partial charge in [0, 0.05) is 19.3 Å². The monoisotopic (exact) mass is 331 g/mol. The molecule has 1 aromatic carbocycles. The molecular formula is C17H22FN5O. The van der Waals surface area contributed by atoms with Crippen molar-refractivity contribution in [1.29, 1.82) is 0 Å². The Hall–Kier alpha value is -2.54. The van der Waals surface area contributed by atoms with E-state index in [1.165, 1.54) is 12.1 Å². The Kier molecular flexibility index (Phi) is 6.62. The quantitative estimate of drug-likeness (QED) is 0.723. The second-order valence-electron chi connectivity index (χ2n) is 5.66. The van der Waals surface area contributed by atoms with Crippen LogP contribution in [0.5, 0.6) is 0 Å². The molecule has 0 saturated carbocycles. The molecule has 0 aliphatic heterocycles. The number of benzene rings is 1. The molecule has 0 bridgehead atoms. The number of nitrogens with one attached hydrogen (secondary N) is 2. The van der Waals surface area contributed by atoms with Gasteiger partial charge in [-0.3, -0.25) is 4.79 Å². The number of amides is 1. The first kappa shape index (κ1) is 17.8. The van der Waals surface area contributed by atoms with Gasteiger partial charge >= 0.3 is 0 Å². The van der Waals surface area contributed by atoms with E-state index in [4.69, 9.17) is 0 Å². The Morgan fingerprint density at radius 3 is 2.67 bits per heavy atom. The highest BCUT2D eigenvalue weighted by Crippen LogP contribution is 2.04. The molecule has 1 heterocycles. The highest BCUT2D eigenvalue weighted by molar-refractivity contribution is 5.92. The van der Waals surface area contributed by atoms with Crippen molar-refractivity contribution in [2.45, 2.75) is 13.0 Å². The molecule has 7 heteroatoms. The summed E-state index contributed by atoms with van der Waals surface area (Å²) in [7, 11) is 4.03. The topological polar surface area (TPSA) is 70.2 Å². The van der Waals surface area contributed by atoms with E-state index in [-0.39, 0.29) is 11.7 Å². The maximum atomic E-state index is 12.9. The number of hydrogen-bond acceptors (Lipinski definition) is 5. The Morgan fingerprint density at radius 2 is 1.96 bits per heavy atom. The number of nitrogens with zero attached hydrogens (tertiary/aromatic N) is 3. The van der Waals surface area contributed by atoms with Gasteiger partial charge in [-0.25, -0.2) is 14.4 Å². The van der Waals surface area contributed by atoms with Gasteiger partial charge in [0.25, 0.3) is 5.91 Å². The molecule has 1 amide bonds. The summed E-state index contributed by atoms with van der Waals surface area (Å²) in [6.45, 7) is 2.01. The van der Waals surface area contributed by atoms with E-state index in [2.05, 4.69) is 25.5 Å². The maximum Gasteiger partial charge on any atom is 0.270 e. The average molecular weight is 331 g/mol. The molecule has 0 aliphatic carbocycles. The van der Waals surface area contributed by atoms with Gasteiger partial charge < -0.3 is 15.5 Å². The molecule has 0 spiro atoms. The average Bonchev–Trinajstić information content (AvgIpc) is 2.58. The van der Waals surface area contributed by atoms with Crippen LogP contribution in [0.25, 0.3) is 0 Å². The van der Waals surface area contributed by atoms with Crippen LogP contribution >= 0.6 is 0 Å². The Balaban J connectivity index is 1.85. The van der Waals surface area contributed by atoms with Crippen LogP contribution in [0.2, 0.25) is 0 Å². The normalized spacial score (nSPS) is 10.7. The second-order valence-corrected chi connectivity index (χ2v) is 5.66. The lowest BCUT2D eigenvalue weighted by molar-refractivity contribution is 0.0946. The third-order valence-corrected chi connectivity index (χ3v) is 3.32. The minimum Gasteiger partial charge on any atom is -0.354 e. The first-order valence-corrected chi connectivity index (χ1v) is 7.79. The van der Waals surface area contributed by atoms with Crippen molar-refractivity contribution in [3.05, 3.63) is 53.6 Å².